The number of aromatic nitrogens is 2. The summed E-state index contributed by atoms with van der Waals surface area (Å²) < 4.78 is 0. The minimum absolute atomic E-state index is 0.601. The van der Waals surface area contributed by atoms with Crippen LogP contribution >= 0.6 is 34.5 Å². The Morgan fingerprint density at radius 2 is 2.00 bits per heavy atom. The summed E-state index contributed by atoms with van der Waals surface area (Å²) in [5.74, 6) is 0. The Hall–Kier alpha value is -0.880. The molecule has 22 heavy (non-hydrogen) atoms. The van der Waals surface area contributed by atoms with E-state index in [0.717, 1.165) is 35.2 Å². The second kappa shape index (κ2) is 7.59. The first kappa shape index (κ1) is 16.0. The highest BCUT2D eigenvalue weighted by Gasteiger charge is 2.12. The predicted octanol–water partition coefficient (Wildman–Crippen LogP) is 4.41. The van der Waals surface area contributed by atoms with Crippen LogP contribution in [0.5, 0.6) is 0 Å². The largest absolute Gasteiger partial charge is 0.360 e. The number of hydrogen-bond acceptors (Lipinski definition) is 5. The van der Waals surface area contributed by atoms with Crippen molar-refractivity contribution in [3.05, 3.63) is 28.2 Å². The molecule has 1 aromatic carbocycles. The van der Waals surface area contributed by atoms with Crippen molar-refractivity contribution in [2.45, 2.75) is 19.3 Å². The molecule has 0 saturated carbocycles. The Balaban J connectivity index is 1.52. The molecule has 1 aliphatic heterocycles. The highest BCUT2D eigenvalue weighted by Crippen LogP contribution is 2.33. The van der Waals surface area contributed by atoms with Gasteiger partial charge in [-0.3, -0.25) is 0 Å². The van der Waals surface area contributed by atoms with Crippen LogP contribution in [0.1, 0.15) is 19.3 Å². The van der Waals surface area contributed by atoms with E-state index in [1.54, 1.807) is 6.07 Å². The summed E-state index contributed by atoms with van der Waals surface area (Å²) in [6.07, 6.45) is 3.81. The maximum Gasteiger partial charge on any atom is 0.206 e. The maximum absolute atomic E-state index is 6.20. The Bertz CT molecular complexity index is 626. The van der Waals surface area contributed by atoms with Crippen molar-refractivity contribution >= 4 is 39.7 Å². The van der Waals surface area contributed by atoms with E-state index in [1.165, 1.54) is 37.3 Å². The van der Waals surface area contributed by atoms with Crippen LogP contribution in [0.15, 0.2) is 18.2 Å². The highest BCUT2D eigenvalue weighted by molar-refractivity contribution is 7.18. The molecule has 0 aliphatic carbocycles. The molecule has 1 fully saturated rings. The molecule has 7 heteroatoms. The zero-order chi connectivity index (χ0) is 15.4. The molecule has 1 aliphatic rings. The van der Waals surface area contributed by atoms with E-state index in [-0.39, 0.29) is 0 Å². The number of nitrogens with one attached hydrogen (secondary N) is 1. The summed E-state index contributed by atoms with van der Waals surface area (Å²) in [5.41, 5.74) is 0.869. The smallest absolute Gasteiger partial charge is 0.206 e. The van der Waals surface area contributed by atoms with Crippen molar-refractivity contribution in [1.29, 1.82) is 0 Å². The van der Waals surface area contributed by atoms with Gasteiger partial charge < -0.3 is 10.2 Å². The number of halogens is 2. The van der Waals surface area contributed by atoms with E-state index in [1.807, 2.05) is 12.1 Å². The molecule has 0 spiro atoms. The topological polar surface area (TPSA) is 41.1 Å². The molecule has 1 saturated heterocycles. The fourth-order valence-corrected chi connectivity index (χ4v) is 3.93. The normalized spacial score (nSPS) is 15.4. The molecule has 2 aromatic rings. The van der Waals surface area contributed by atoms with Crippen LogP contribution in [0.25, 0.3) is 10.6 Å². The van der Waals surface area contributed by atoms with Crippen LogP contribution in [0.3, 0.4) is 0 Å². The number of likely N-dealkylation sites (tertiary alicyclic amines) is 1. The van der Waals surface area contributed by atoms with Gasteiger partial charge in [-0.05, 0) is 57.1 Å². The summed E-state index contributed by atoms with van der Waals surface area (Å²) in [6, 6.07) is 5.42. The summed E-state index contributed by atoms with van der Waals surface area (Å²) in [4.78, 5) is 2.51. The molecule has 0 radical (unpaired) electrons. The van der Waals surface area contributed by atoms with Crippen molar-refractivity contribution in [3.8, 4) is 10.6 Å². The minimum atomic E-state index is 0.601. The van der Waals surface area contributed by atoms with E-state index in [9.17, 15) is 0 Å². The maximum atomic E-state index is 6.20. The van der Waals surface area contributed by atoms with Gasteiger partial charge in [0.25, 0.3) is 0 Å². The molecule has 2 heterocycles. The van der Waals surface area contributed by atoms with Crippen LogP contribution in [-0.4, -0.2) is 41.3 Å². The molecule has 0 bridgehead atoms. The highest BCUT2D eigenvalue weighted by atomic mass is 35.5. The van der Waals surface area contributed by atoms with Crippen molar-refractivity contribution in [2.24, 2.45) is 0 Å². The number of rotatable bonds is 6. The fraction of sp³-hybridized carbons (Fsp3) is 0.467. The van der Waals surface area contributed by atoms with Crippen LogP contribution in [-0.2, 0) is 0 Å². The van der Waals surface area contributed by atoms with Crippen LogP contribution < -0.4 is 5.32 Å². The quantitative estimate of drug-likeness (QED) is 0.778. The van der Waals surface area contributed by atoms with E-state index in [2.05, 4.69) is 20.4 Å². The van der Waals surface area contributed by atoms with Gasteiger partial charge in [-0.2, -0.15) is 0 Å². The van der Waals surface area contributed by atoms with Crippen LogP contribution in [0.2, 0.25) is 10.0 Å². The molecule has 0 amide bonds. The minimum Gasteiger partial charge on any atom is -0.360 e. The molecule has 0 unspecified atom stereocenters. The summed E-state index contributed by atoms with van der Waals surface area (Å²) in [5, 5.41) is 14.6. The number of hydrogen-bond donors (Lipinski definition) is 1. The molecule has 1 aromatic heterocycles. The summed E-state index contributed by atoms with van der Waals surface area (Å²) >= 11 is 13.6. The van der Waals surface area contributed by atoms with E-state index in [4.69, 9.17) is 23.2 Å². The second-order valence-corrected chi connectivity index (χ2v) is 7.19. The predicted molar refractivity (Wildman–Crippen MR) is 94.1 cm³/mol. The lowest BCUT2D eigenvalue weighted by molar-refractivity contribution is 0.337. The third kappa shape index (κ3) is 4.10. The molecule has 0 atom stereocenters. The average molecular weight is 357 g/mol. The Morgan fingerprint density at radius 1 is 1.18 bits per heavy atom. The van der Waals surface area contributed by atoms with Gasteiger partial charge in [0.15, 0.2) is 5.01 Å². The number of nitrogens with zero attached hydrogens (tertiary/aromatic N) is 3. The van der Waals surface area contributed by atoms with Gasteiger partial charge in [0.05, 0.1) is 5.02 Å². The lowest BCUT2D eigenvalue weighted by atomic mass is 10.2. The monoisotopic (exact) mass is 356 g/mol. The first-order valence-electron chi connectivity index (χ1n) is 7.47. The van der Waals surface area contributed by atoms with Crippen molar-refractivity contribution in [1.82, 2.24) is 15.1 Å². The van der Waals surface area contributed by atoms with Crippen LogP contribution in [0, 0.1) is 0 Å². The first-order chi connectivity index (χ1) is 10.7. The third-order valence-electron chi connectivity index (χ3n) is 3.71. The van der Waals surface area contributed by atoms with Gasteiger partial charge in [-0.25, -0.2) is 0 Å². The van der Waals surface area contributed by atoms with Crippen LogP contribution in [0.4, 0.5) is 5.13 Å². The zero-order valence-electron chi connectivity index (χ0n) is 12.2. The van der Waals surface area contributed by atoms with Crippen molar-refractivity contribution in [2.75, 3.05) is 31.5 Å². The average Bonchev–Trinajstić information content (AvgIpc) is 3.15. The van der Waals surface area contributed by atoms with Gasteiger partial charge in [0, 0.05) is 17.1 Å². The van der Waals surface area contributed by atoms with E-state index < -0.39 is 0 Å². The van der Waals surface area contributed by atoms with Gasteiger partial charge in [-0.15, -0.1) is 10.2 Å². The molecule has 118 valence electrons. The molecule has 1 N–H and O–H groups in total. The Morgan fingerprint density at radius 3 is 2.77 bits per heavy atom. The fourth-order valence-electron chi connectivity index (χ4n) is 2.57. The first-order valence-corrected chi connectivity index (χ1v) is 9.05. The lowest BCUT2D eigenvalue weighted by Crippen LogP contribution is -2.22. The molecule has 3 rings (SSSR count). The van der Waals surface area contributed by atoms with Crippen molar-refractivity contribution in [3.63, 3.8) is 0 Å². The summed E-state index contributed by atoms with van der Waals surface area (Å²) in [6.45, 7) is 4.57. The molecular formula is C15H18Cl2N4S. The zero-order valence-corrected chi connectivity index (χ0v) is 14.5. The van der Waals surface area contributed by atoms with Crippen molar-refractivity contribution < 1.29 is 0 Å². The standard InChI is InChI=1S/C15H18Cl2N4S/c16-11-4-5-12(13(17)10-11)14-19-20-15(22-14)18-6-3-9-21-7-1-2-8-21/h4-5,10H,1-3,6-9H2,(H,18,20). The second-order valence-electron chi connectivity index (χ2n) is 5.37. The van der Waals surface area contributed by atoms with E-state index in [0.29, 0.717) is 10.0 Å². The lowest BCUT2D eigenvalue weighted by Gasteiger charge is -2.13. The van der Waals surface area contributed by atoms with Gasteiger partial charge in [-0.1, -0.05) is 34.5 Å². The van der Waals surface area contributed by atoms with Gasteiger partial charge in [0.1, 0.15) is 0 Å². The number of benzene rings is 1. The Labute approximate surface area is 144 Å². The number of anilines is 1. The molecule has 4 nitrogen and oxygen atoms in total. The Kier molecular flexibility index (Phi) is 5.52. The van der Waals surface area contributed by atoms with Gasteiger partial charge in [0.2, 0.25) is 5.13 Å². The van der Waals surface area contributed by atoms with Gasteiger partial charge >= 0.3 is 0 Å². The third-order valence-corrected chi connectivity index (χ3v) is 5.17. The SMILES string of the molecule is Clc1ccc(-c2nnc(NCCCN3CCCC3)s2)c(Cl)c1. The van der Waals surface area contributed by atoms with E-state index >= 15 is 0 Å². The molecular weight excluding hydrogens is 339 g/mol. The summed E-state index contributed by atoms with van der Waals surface area (Å²) in [7, 11) is 0.